The van der Waals surface area contributed by atoms with Crippen LogP contribution in [0.15, 0.2) is 64.4 Å². The van der Waals surface area contributed by atoms with Gasteiger partial charge in [0, 0.05) is 32.7 Å². The van der Waals surface area contributed by atoms with E-state index in [4.69, 9.17) is 4.74 Å². The second-order valence-electron chi connectivity index (χ2n) is 8.08. The van der Waals surface area contributed by atoms with Gasteiger partial charge in [-0.25, -0.2) is 21.6 Å². The van der Waals surface area contributed by atoms with Gasteiger partial charge in [-0.15, -0.1) is 0 Å². The van der Waals surface area contributed by atoms with E-state index in [1.54, 1.807) is 0 Å². The zero-order valence-corrected chi connectivity index (χ0v) is 19.5. The van der Waals surface area contributed by atoms with E-state index in [-0.39, 0.29) is 9.79 Å². The number of hydrogen-bond donors (Lipinski definition) is 1. The topological polar surface area (TPSA) is 96.0 Å². The molecule has 0 spiro atoms. The number of nitrogens with one attached hydrogen (secondary N) is 1. The Hall–Kier alpha value is -1.82. The minimum atomic E-state index is -3.86. The fourth-order valence-electron chi connectivity index (χ4n) is 4.06. The number of morpholine rings is 1. The quantitative estimate of drug-likeness (QED) is 0.621. The Labute approximate surface area is 190 Å². The van der Waals surface area contributed by atoms with Gasteiger partial charge in [-0.2, -0.15) is 4.31 Å². The zero-order chi connectivity index (χ0) is 22.6. The lowest BCUT2D eigenvalue weighted by Gasteiger charge is -2.31. The molecule has 0 aliphatic carbocycles. The molecule has 1 atom stereocenters. The van der Waals surface area contributed by atoms with Gasteiger partial charge in [0.15, 0.2) is 0 Å². The third kappa shape index (κ3) is 5.38. The summed E-state index contributed by atoms with van der Waals surface area (Å²) in [6.45, 7) is 4.27. The van der Waals surface area contributed by atoms with Crippen molar-refractivity contribution in [1.82, 2.24) is 13.9 Å². The molecule has 0 saturated carbocycles. The number of nitrogens with zero attached hydrogens (tertiary/aromatic N) is 2. The van der Waals surface area contributed by atoms with Crippen LogP contribution in [0, 0.1) is 0 Å². The van der Waals surface area contributed by atoms with Gasteiger partial charge < -0.3 is 4.74 Å². The second kappa shape index (κ2) is 9.98. The highest BCUT2D eigenvalue weighted by molar-refractivity contribution is 7.89. The van der Waals surface area contributed by atoms with Crippen LogP contribution in [0.4, 0.5) is 0 Å². The van der Waals surface area contributed by atoms with Crippen LogP contribution >= 0.6 is 0 Å². The maximum Gasteiger partial charge on any atom is 0.243 e. The molecular weight excluding hydrogens is 450 g/mol. The lowest BCUT2D eigenvalue weighted by molar-refractivity contribution is 0.0345. The number of ether oxygens (including phenoxy) is 1. The van der Waals surface area contributed by atoms with Crippen molar-refractivity contribution in [3.63, 3.8) is 0 Å². The summed E-state index contributed by atoms with van der Waals surface area (Å²) in [5.74, 6) is 0. The number of sulfonamides is 2. The van der Waals surface area contributed by atoms with E-state index >= 15 is 0 Å². The molecule has 2 saturated heterocycles. The van der Waals surface area contributed by atoms with Gasteiger partial charge in [-0.05, 0) is 42.7 Å². The molecule has 0 amide bonds. The molecule has 10 heteroatoms. The van der Waals surface area contributed by atoms with Gasteiger partial charge in [0.25, 0.3) is 0 Å². The second-order valence-corrected chi connectivity index (χ2v) is 11.7. The summed E-state index contributed by atoms with van der Waals surface area (Å²) in [6.07, 6.45) is 1.69. The highest BCUT2D eigenvalue weighted by atomic mass is 32.2. The highest BCUT2D eigenvalue weighted by Crippen LogP contribution is 2.24. The van der Waals surface area contributed by atoms with Crippen molar-refractivity contribution >= 4 is 20.0 Å². The first-order valence-electron chi connectivity index (χ1n) is 10.8. The van der Waals surface area contributed by atoms with E-state index in [2.05, 4.69) is 9.62 Å². The fourth-order valence-corrected chi connectivity index (χ4v) is 6.79. The fraction of sp³-hybridized carbons (Fsp3) is 0.455. The molecule has 1 unspecified atom stereocenters. The summed E-state index contributed by atoms with van der Waals surface area (Å²) < 4.78 is 61.4. The third-order valence-corrected chi connectivity index (χ3v) is 9.28. The lowest BCUT2D eigenvalue weighted by Crippen LogP contribution is -2.43. The minimum Gasteiger partial charge on any atom is -0.379 e. The largest absolute Gasteiger partial charge is 0.379 e. The van der Waals surface area contributed by atoms with E-state index in [0.717, 1.165) is 31.5 Å². The van der Waals surface area contributed by atoms with Crippen LogP contribution in [0.5, 0.6) is 0 Å². The van der Waals surface area contributed by atoms with Crippen LogP contribution in [0.25, 0.3) is 0 Å². The minimum absolute atomic E-state index is 0.0424. The molecule has 4 rings (SSSR count). The molecule has 1 N–H and O–H groups in total. The van der Waals surface area contributed by atoms with E-state index in [0.29, 0.717) is 32.8 Å². The van der Waals surface area contributed by atoms with Crippen LogP contribution in [0.3, 0.4) is 0 Å². The summed E-state index contributed by atoms with van der Waals surface area (Å²) in [5.41, 5.74) is 0.871. The number of hydrogen-bond acceptors (Lipinski definition) is 6. The molecule has 2 fully saturated rings. The van der Waals surface area contributed by atoms with Crippen LogP contribution in [-0.4, -0.2) is 72.0 Å². The molecule has 0 bridgehead atoms. The Balaban J connectivity index is 1.54. The molecule has 2 aromatic rings. The predicted octanol–water partition coefficient (Wildman–Crippen LogP) is 1.82. The standard InChI is InChI=1S/C22H29N3O5S2/c26-31(27,20-8-10-21(11-9-20)32(28,29)25-12-4-5-13-25)23-22(19-6-2-1-3-7-19)18-24-14-16-30-17-15-24/h1-3,6-11,22-23H,4-5,12-18H2. The third-order valence-electron chi connectivity index (χ3n) is 5.88. The van der Waals surface area contributed by atoms with Crippen LogP contribution < -0.4 is 4.72 Å². The average Bonchev–Trinajstić information content (AvgIpc) is 3.36. The molecule has 2 aromatic carbocycles. The maximum atomic E-state index is 13.2. The van der Waals surface area contributed by atoms with Crippen LogP contribution in [0.2, 0.25) is 0 Å². The summed E-state index contributed by atoms with van der Waals surface area (Å²) in [6, 6.07) is 14.5. The molecule has 2 aliphatic heterocycles. The summed E-state index contributed by atoms with van der Waals surface area (Å²) in [4.78, 5) is 2.34. The van der Waals surface area contributed by atoms with Gasteiger partial charge in [-0.3, -0.25) is 4.90 Å². The van der Waals surface area contributed by atoms with E-state index in [1.165, 1.54) is 28.6 Å². The Morgan fingerprint density at radius 3 is 2.03 bits per heavy atom. The van der Waals surface area contributed by atoms with Crippen molar-refractivity contribution in [1.29, 1.82) is 0 Å². The van der Waals surface area contributed by atoms with Crippen molar-refractivity contribution in [2.75, 3.05) is 45.9 Å². The Morgan fingerprint density at radius 2 is 1.41 bits per heavy atom. The van der Waals surface area contributed by atoms with Gasteiger partial charge in [-0.1, -0.05) is 30.3 Å². The first-order chi connectivity index (χ1) is 15.4. The van der Waals surface area contributed by atoms with Crippen LogP contribution in [0.1, 0.15) is 24.4 Å². The van der Waals surface area contributed by atoms with Crippen molar-refractivity contribution in [3.8, 4) is 0 Å². The lowest BCUT2D eigenvalue weighted by atomic mass is 10.1. The summed E-state index contributed by atoms with van der Waals surface area (Å²) in [7, 11) is -7.44. The first-order valence-corrected chi connectivity index (χ1v) is 13.8. The molecule has 8 nitrogen and oxygen atoms in total. The molecule has 2 aliphatic rings. The van der Waals surface area contributed by atoms with Gasteiger partial charge in [0.2, 0.25) is 20.0 Å². The van der Waals surface area contributed by atoms with E-state index in [9.17, 15) is 16.8 Å². The van der Waals surface area contributed by atoms with Crippen LogP contribution in [-0.2, 0) is 24.8 Å². The van der Waals surface area contributed by atoms with Crippen molar-refractivity contribution < 1.29 is 21.6 Å². The molecule has 0 aromatic heterocycles. The number of rotatable bonds is 8. The van der Waals surface area contributed by atoms with Crippen molar-refractivity contribution in [3.05, 3.63) is 60.2 Å². The normalized spacial score (nSPS) is 19.8. The Kier molecular flexibility index (Phi) is 7.28. The average molecular weight is 480 g/mol. The molecule has 0 radical (unpaired) electrons. The molecule has 174 valence electrons. The smallest absolute Gasteiger partial charge is 0.243 e. The molecule has 32 heavy (non-hydrogen) atoms. The number of benzene rings is 2. The SMILES string of the molecule is O=S(=O)(NC(CN1CCOCC1)c1ccccc1)c1ccc(S(=O)(=O)N2CCCC2)cc1. The predicted molar refractivity (Wildman–Crippen MR) is 121 cm³/mol. The first kappa shape index (κ1) is 23.3. The maximum absolute atomic E-state index is 13.2. The highest BCUT2D eigenvalue weighted by Gasteiger charge is 2.28. The zero-order valence-electron chi connectivity index (χ0n) is 17.9. The van der Waals surface area contributed by atoms with Crippen molar-refractivity contribution in [2.45, 2.75) is 28.7 Å². The monoisotopic (exact) mass is 479 g/mol. The Bertz CT molecular complexity index is 1090. The van der Waals surface area contributed by atoms with Gasteiger partial charge >= 0.3 is 0 Å². The summed E-state index contributed by atoms with van der Waals surface area (Å²) >= 11 is 0. The summed E-state index contributed by atoms with van der Waals surface area (Å²) in [5, 5.41) is 0. The van der Waals surface area contributed by atoms with Gasteiger partial charge in [0.05, 0.1) is 29.0 Å². The molecule has 2 heterocycles. The van der Waals surface area contributed by atoms with E-state index in [1.807, 2.05) is 30.3 Å². The van der Waals surface area contributed by atoms with Crippen molar-refractivity contribution in [2.24, 2.45) is 0 Å². The Morgan fingerprint density at radius 1 is 0.812 bits per heavy atom. The molecular formula is C22H29N3O5S2. The van der Waals surface area contributed by atoms with Gasteiger partial charge in [0.1, 0.15) is 0 Å². The van der Waals surface area contributed by atoms with E-state index < -0.39 is 26.1 Å².